The predicted molar refractivity (Wildman–Crippen MR) is 72.2 cm³/mol. The Labute approximate surface area is 124 Å². The molecule has 5 nitrogen and oxygen atoms in total. The van der Waals surface area contributed by atoms with Gasteiger partial charge in [0.1, 0.15) is 0 Å². The van der Waals surface area contributed by atoms with Gasteiger partial charge < -0.3 is 9.47 Å². The van der Waals surface area contributed by atoms with Crippen LogP contribution in [0, 0.1) is 0 Å². The minimum atomic E-state index is -4.46. The molecule has 0 aromatic heterocycles. The van der Waals surface area contributed by atoms with Crippen LogP contribution in [0.4, 0.5) is 23.7 Å². The Bertz CT molecular complexity index is 566. The van der Waals surface area contributed by atoms with Crippen molar-refractivity contribution < 1.29 is 32.2 Å². The van der Waals surface area contributed by atoms with Crippen molar-refractivity contribution in [2.24, 2.45) is 0 Å². The lowest BCUT2D eigenvalue weighted by Crippen LogP contribution is -2.31. The lowest BCUT2D eigenvalue weighted by Gasteiger charge is -2.16. The zero-order valence-electron chi connectivity index (χ0n) is 11.9. The topological polar surface area (TPSA) is 64.6 Å². The average Bonchev–Trinajstić information content (AvgIpc) is 2.43. The van der Waals surface area contributed by atoms with E-state index in [0.29, 0.717) is 0 Å². The summed E-state index contributed by atoms with van der Waals surface area (Å²) >= 11 is 0. The number of hydrogen-bond acceptors (Lipinski definition) is 4. The normalized spacial score (nSPS) is 12.2. The monoisotopic (exact) mass is 317 g/mol. The summed E-state index contributed by atoms with van der Waals surface area (Å²) in [6.45, 7) is 4.96. The van der Waals surface area contributed by atoms with Crippen molar-refractivity contribution in [1.82, 2.24) is 0 Å². The minimum Gasteiger partial charge on any atom is -0.466 e. The van der Waals surface area contributed by atoms with E-state index >= 15 is 0 Å². The number of carbonyl (C=O) groups excluding carboxylic acids is 2. The molecule has 1 rings (SSSR count). The number of benzene rings is 1. The molecule has 0 fully saturated rings. The van der Waals surface area contributed by atoms with Crippen LogP contribution in [0.5, 0.6) is 0 Å². The van der Waals surface area contributed by atoms with Crippen LogP contribution in [0.15, 0.2) is 36.4 Å². The maximum Gasteiger partial charge on any atom is 0.416 e. The van der Waals surface area contributed by atoms with Gasteiger partial charge in [0.2, 0.25) is 6.10 Å². The quantitative estimate of drug-likeness (QED) is 0.683. The zero-order valence-corrected chi connectivity index (χ0v) is 11.9. The number of anilines is 1. The maximum absolute atomic E-state index is 12.4. The number of esters is 1. The Hall–Kier alpha value is -2.51. The SMILES string of the molecule is C=C(C)C(OC(=O)Nc1ccc(C(F)(F)F)cc1)C(=O)OC. The van der Waals surface area contributed by atoms with Crippen LogP contribution >= 0.6 is 0 Å². The van der Waals surface area contributed by atoms with E-state index in [2.05, 4.69) is 16.6 Å². The van der Waals surface area contributed by atoms with E-state index in [-0.39, 0.29) is 11.3 Å². The molecule has 0 aliphatic rings. The summed E-state index contributed by atoms with van der Waals surface area (Å²) in [5, 5.41) is 2.21. The summed E-state index contributed by atoms with van der Waals surface area (Å²) in [5.74, 6) is -0.810. The van der Waals surface area contributed by atoms with Crippen LogP contribution in [-0.2, 0) is 20.4 Å². The fraction of sp³-hybridized carbons (Fsp3) is 0.286. The van der Waals surface area contributed by atoms with Gasteiger partial charge in [-0.3, -0.25) is 5.32 Å². The molecule has 22 heavy (non-hydrogen) atoms. The van der Waals surface area contributed by atoms with Gasteiger partial charge in [-0.2, -0.15) is 13.2 Å². The van der Waals surface area contributed by atoms with Gasteiger partial charge in [0.05, 0.1) is 12.7 Å². The Morgan fingerprint density at radius 3 is 2.18 bits per heavy atom. The number of alkyl halides is 3. The third-order valence-electron chi connectivity index (χ3n) is 2.55. The lowest BCUT2D eigenvalue weighted by atomic mass is 10.2. The lowest BCUT2D eigenvalue weighted by molar-refractivity contribution is -0.148. The first kappa shape index (κ1) is 17.5. The van der Waals surface area contributed by atoms with E-state index in [4.69, 9.17) is 4.74 Å². The molecule has 1 N–H and O–H groups in total. The van der Waals surface area contributed by atoms with Crippen molar-refractivity contribution in [3.8, 4) is 0 Å². The number of carbonyl (C=O) groups is 2. The first-order chi connectivity index (χ1) is 10.1. The van der Waals surface area contributed by atoms with Crippen molar-refractivity contribution in [3.63, 3.8) is 0 Å². The molecule has 0 aliphatic heterocycles. The van der Waals surface area contributed by atoms with Gasteiger partial charge in [-0.05, 0) is 36.8 Å². The first-order valence-electron chi connectivity index (χ1n) is 6.03. The van der Waals surface area contributed by atoms with Crippen molar-refractivity contribution >= 4 is 17.7 Å². The molecule has 0 heterocycles. The second-order valence-electron chi connectivity index (χ2n) is 4.35. The summed E-state index contributed by atoms with van der Waals surface area (Å²) in [4.78, 5) is 23.0. The number of methoxy groups -OCH3 is 1. The van der Waals surface area contributed by atoms with Gasteiger partial charge >= 0.3 is 18.2 Å². The Kier molecular flexibility index (Phi) is 5.56. The zero-order chi connectivity index (χ0) is 16.9. The molecule has 0 saturated heterocycles. The highest BCUT2D eigenvalue weighted by molar-refractivity contribution is 5.88. The molecule has 0 aliphatic carbocycles. The summed E-state index contributed by atoms with van der Waals surface area (Å²) < 4.78 is 46.5. The number of amides is 1. The molecular formula is C14H14F3NO4. The molecule has 1 amide bonds. The van der Waals surface area contributed by atoms with Gasteiger partial charge in [-0.25, -0.2) is 9.59 Å². The minimum absolute atomic E-state index is 0.0864. The van der Waals surface area contributed by atoms with Gasteiger partial charge in [0, 0.05) is 5.69 Å². The highest BCUT2D eigenvalue weighted by Gasteiger charge is 2.30. The largest absolute Gasteiger partial charge is 0.466 e. The average molecular weight is 317 g/mol. The van der Waals surface area contributed by atoms with E-state index in [1.807, 2.05) is 0 Å². The van der Waals surface area contributed by atoms with Crippen molar-refractivity contribution in [1.29, 1.82) is 0 Å². The molecule has 8 heteroatoms. The predicted octanol–water partition coefficient (Wildman–Crippen LogP) is 3.37. The van der Waals surface area contributed by atoms with Crippen LogP contribution in [0.1, 0.15) is 12.5 Å². The molecule has 120 valence electrons. The standard InChI is InChI=1S/C14H14F3NO4/c1-8(2)11(12(19)21-3)22-13(20)18-10-6-4-9(5-7-10)14(15,16)17/h4-7,11H,1H2,2-3H3,(H,18,20). The number of ether oxygens (including phenoxy) is 2. The molecule has 0 spiro atoms. The van der Waals surface area contributed by atoms with E-state index in [1.165, 1.54) is 6.92 Å². The van der Waals surface area contributed by atoms with Crippen LogP contribution in [-0.4, -0.2) is 25.3 Å². The van der Waals surface area contributed by atoms with E-state index in [0.717, 1.165) is 31.4 Å². The van der Waals surface area contributed by atoms with Crippen LogP contribution in [0.25, 0.3) is 0 Å². The molecule has 1 unspecified atom stereocenters. The number of hydrogen-bond donors (Lipinski definition) is 1. The number of halogens is 3. The second kappa shape index (κ2) is 6.97. The smallest absolute Gasteiger partial charge is 0.416 e. The van der Waals surface area contributed by atoms with Crippen molar-refractivity contribution in [3.05, 3.63) is 42.0 Å². The van der Waals surface area contributed by atoms with E-state index < -0.39 is 29.9 Å². The molecule has 0 bridgehead atoms. The fourth-order valence-corrected chi connectivity index (χ4v) is 1.45. The third-order valence-corrected chi connectivity index (χ3v) is 2.55. The van der Waals surface area contributed by atoms with Crippen molar-refractivity contribution in [2.75, 3.05) is 12.4 Å². The van der Waals surface area contributed by atoms with Gasteiger partial charge in [-0.1, -0.05) is 6.58 Å². The molecule has 1 atom stereocenters. The molecule has 0 saturated carbocycles. The molecular weight excluding hydrogens is 303 g/mol. The summed E-state index contributed by atoms with van der Waals surface area (Å²) in [7, 11) is 1.12. The highest BCUT2D eigenvalue weighted by Crippen LogP contribution is 2.29. The van der Waals surface area contributed by atoms with Crippen molar-refractivity contribution in [2.45, 2.75) is 19.2 Å². The summed E-state index contributed by atoms with van der Waals surface area (Å²) in [6, 6.07) is 3.76. The first-order valence-corrected chi connectivity index (χ1v) is 6.03. The van der Waals surface area contributed by atoms with Gasteiger partial charge in [-0.15, -0.1) is 0 Å². The van der Waals surface area contributed by atoms with Gasteiger partial charge in [0.15, 0.2) is 0 Å². The Morgan fingerprint density at radius 2 is 1.77 bits per heavy atom. The molecule has 1 aromatic carbocycles. The number of rotatable bonds is 4. The van der Waals surface area contributed by atoms with Gasteiger partial charge in [0.25, 0.3) is 0 Å². The number of nitrogens with one attached hydrogen (secondary N) is 1. The molecule has 1 aromatic rings. The maximum atomic E-state index is 12.4. The fourth-order valence-electron chi connectivity index (χ4n) is 1.45. The Morgan fingerprint density at radius 1 is 1.23 bits per heavy atom. The van der Waals surface area contributed by atoms with Crippen LogP contribution in [0.3, 0.4) is 0 Å². The summed E-state index contributed by atoms with van der Waals surface area (Å²) in [5.41, 5.74) is -0.515. The van der Waals surface area contributed by atoms with Crippen LogP contribution in [0.2, 0.25) is 0 Å². The summed E-state index contributed by atoms with van der Waals surface area (Å²) in [6.07, 6.45) is -6.77. The third kappa shape index (κ3) is 4.80. The highest BCUT2D eigenvalue weighted by atomic mass is 19.4. The van der Waals surface area contributed by atoms with E-state index in [1.54, 1.807) is 0 Å². The second-order valence-corrected chi connectivity index (χ2v) is 4.35. The molecule has 0 radical (unpaired) electrons. The Balaban J connectivity index is 2.72. The van der Waals surface area contributed by atoms with Crippen LogP contribution < -0.4 is 5.32 Å². The van der Waals surface area contributed by atoms with E-state index in [9.17, 15) is 22.8 Å².